The molecule has 2 heterocycles. The number of ether oxygens (including phenoxy) is 1. The minimum absolute atomic E-state index is 0.113. The van der Waals surface area contributed by atoms with Gasteiger partial charge >= 0.3 is 0 Å². The number of aromatic nitrogens is 2. The minimum Gasteiger partial charge on any atom is -0.497 e. The molecule has 0 spiro atoms. The summed E-state index contributed by atoms with van der Waals surface area (Å²) < 4.78 is 11.1. The summed E-state index contributed by atoms with van der Waals surface area (Å²) in [7, 11) is 3.81. The standard InChI is InChI=1S/C17H19N3O2S/c1-12(16-18-19-17(22-16)15-8-5-9-23-15)20(2)11-13-6-4-7-14(10-13)21-3/h4-10,12H,11H2,1-3H3/p+1/t12-/m1/s1. The van der Waals surface area contributed by atoms with Crippen LogP contribution in [0.1, 0.15) is 24.4 Å². The van der Waals surface area contributed by atoms with Gasteiger partial charge in [0.05, 0.1) is 19.0 Å². The van der Waals surface area contributed by atoms with Gasteiger partial charge in [0.1, 0.15) is 12.3 Å². The number of thiophene rings is 1. The summed E-state index contributed by atoms with van der Waals surface area (Å²) in [6.45, 7) is 2.95. The summed E-state index contributed by atoms with van der Waals surface area (Å²) in [5, 5.41) is 10.4. The molecule has 0 saturated carbocycles. The number of hydrogen-bond acceptors (Lipinski definition) is 5. The van der Waals surface area contributed by atoms with Gasteiger partial charge in [-0.25, -0.2) is 0 Å². The first-order chi connectivity index (χ1) is 11.2. The van der Waals surface area contributed by atoms with E-state index in [4.69, 9.17) is 9.15 Å². The molecule has 1 aromatic carbocycles. The lowest BCUT2D eigenvalue weighted by Crippen LogP contribution is -3.07. The van der Waals surface area contributed by atoms with Crippen molar-refractivity contribution in [1.29, 1.82) is 0 Å². The van der Waals surface area contributed by atoms with Crippen molar-refractivity contribution in [3.63, 3.8) is 0 Å². The summed E-state index contributed by atoms with van der Waals surface area (Å²) in [5.41, 5.74) is 1.21. The summed E-state index contributed by atoms with van der Waals surface area (Å²) in [6.07, 6.45) is 0. The molecule has 5 nitrogen and oxygen atoms in total. The number of quaternary nitrogens is 1. The van der Waals surface area contributed by atoms with Gasteiger partial charge in [-0.3, -0.25) is 0 Å². The van der Waals surface area contributed by atoms with Crippen molar-refractivity contribution in [1.82, 2.24) is 10.2 Å². The van der Waals surface area contributed by atoms with Crippen molar-refractivity contribution in [3.05, 3.63) is 53.2 Å². The Morgan fingerprint density at radius 1 is 1.26 bits per heavy atom. The second-order valence-corrected chi connectivity index (χ2v) is 6.47. The fraction of sp³-hybridized carbons (Fsp3) is 0.294. The highest BCUT2D eigenvalue weighted by atomic mass is 32.1. The molecule has 3 rings (SSSR count). The van der Waals surface area contributed by atoms with Gasteiger partial charge in [0, 0.05) is 5.56 Å². The van der Waals surface area contributed by atoms with E-state index in [1.54, 1.807) is 18.4 Å². The maximum atomic E-state index is 5.84. The normalized spacial score (nSPS) is 13.7. The number of benzene rings is 1. The van der Waals surface area contributed by atoms with Gasteiger partial charge < -0.3 is 14.1 Å². The summed E-state index contributed by atoms with van der Waals surface area (Å²) in [4.78, 5) is 2.28. The van der Waals surface area contributed by atoms with Crippen LogP contribution in [0.2, 0.25) is 0 Å². The molecule has 120 valence electrons. The minimum atomic E-state index is 0.113. The van der Waals surface area contributed by atoms with E-state index in [-0.39, 0.29) is 6.04 Å². The van der Waals surface area contributed by atoms with E-state index in [2.05, 4.69) is 36.3 Å². The molecule has 0 aliphatic rings. The van der Waals surface area contributed by atoms with Crippen molar-refractivity contribution < 1.29 is 14.1 Å². The Morgan fingerprint density at radius 2 is 2.13 bits per heavy atom. The predicted molar refractivity (Wildman–Crippen MR) is 89.6 cm³/mol. The maximum absolute atomic E-state index is 5.84. The fourth-order valence-electron chi connectivity index (χ4n) is 2.38. The van der Waals surface area contributed by atoms with E-state index in [1.807, 2.05) is 29.6 Å². The Kier molecular flexibility index (Phi) is 4.73. The Balaban J connectivity index is 1.70. The highest BCUT2D eigenvalue weighted by Crippen LogP contribution is 2.24. The molecule has 0 fully saturated rings. The zero-order chi connectivity index (χ0) is 16.2. The van der Waals surface area contributed by atoms with Crippen LogP contribution in [-0.4, -0.2) is 24.4 Å². The monoisotopic (exact) mass is 330 g/mol. The number of methoxy groups -OCH3 is 1. The Morgan fingerprint density at radius 3 is 2.87 bits per heavy atom. The fourth-order valence-corrected chi connectivity index (χ4v) is 3.02. The number of nitrogens with one attached hydrogen (secondary N) is 1. The average Bonchev–Trinajstić information content (AvgIpc) is 3.25. The zero-order valence-corrected chi connectivity index (χ0v) is 14.3. The first-order valence-corrected chi connectivity index (χ1v) is 8.38. The van der Waals surface area contributed by atoms with Crippen molar-refractivity contribution in [2.24, 2.45) is 0 Å². The van der Waals surface area contributed by atoms with Gasteiger partial charge in [-0.05, 0) is 30.5 Å². The molecule has 6 heteroatoms. The van der Waals surface area contributed by atoms with Crippen LogP contribution < -0.4 is 9.64 Å². The summed E-state index contributed by atoms with van der Waals surface area (Å²) in [5.74, 6) is 2.13. The third-order valence-corrected chi connectivity index (χ3v) is 4.76. The molecule has 3 aromatic rings. The molecule has 2 aromatic heterocycles. The molecular formula is C17H20N3O2S+. The van der Waals surface area contributed by atoms with Gasteiger partial charge in [-0.1, -0.05) is 18.2 Å². The second kappa shape index (κ2) is 6.93. The molecule has 23 heavy (non-hydrogen) atoms. The second-order valence-electron chi connectivity index (χ2n) is 5.52. The molecule has 0 saturated heterocycles. The molecule has 1 unspecified atom stereocenters. The topological polar surface area (TPSA) is 52.6 Å². The average molecular weight is 330 g/mol. The van der Waals surface area contributed by atoms with Crippen LogP contribution in [0.4, 0.5) is 0 Å². The van der Waals surface area contributed by atoms with Crippen LogP contribution in [0.5, 0.6) is 5.75 Å². The van der Waals surface area contributed by atoms with Gasteiger partial charge in [0.15, 0.2) is 6.04 Å². The van der Waals surface area contributed by atoms with Gasteiger partial charge in [0.2, 0.25) is 0 Å². The highest BCUT2D eigenvalue weighted by molar-refractivity contribution is 7.13. The van der Waals surface area contributed by atoms with Crippen LogP contribution >= 0.6 is 11.3 Å². The van der Waals surface area contributed by atoms with Crippen molar-refractivity contribution in [2.75, 3.05) is 14.2 Å². The number of rotatable bonds is 6. The Hall–Kier alpha value is -2.18. The van der Waals surface area contributed by atoms with Crippen LogP contribution in [-0.2, 0) is 6.54 Å². The summed E-state index contributed by atoms with van der Waals surface area (Å²) >= 11 is 1.60. The maximum Gasteiger partial charge on any atom is 0.274 e. The largest absolute Gasteiger partial charge is 0.497 e. The third-order valence-electron chi connectivity index (χ3n) is 3.90. The first kappa shape index (κ1) is 15.7. The predicted octanol–water partition coefficient (Wildman–Crippen LogP) is 2.58. The molecule has 0 aliphatic heterocycles. The molecule has 0 radical (unpaired) electrons. The lowest BCUT2D eigenvalue weighted by Gasteiger charge is -2.19. The van der Waals surface area contributed by atoms with Gasteiger partial charge in [-0.15, -0.1) is 21.5 Å². The lowest BCUT2D eigenvalue weighted by molar-refractivity contribution is -0.925. The number of hydrogen-bond donors (Lipinski definition) is 1. The Labute approximate surface area is 139 Å². The zero-order valence-electron chi connectivity index (χ0n) is 13.4. The Bertz CT molecular complexity index is 755. The van der Waals surface area contributed by atoms with E-state index in [0.717, 1.165) is 17.2 Å². The van der Waals surface area contributed by atoms with Crippen LogP contribution in [0.25, 0.3) is 10.8 Å². The van der Waals surface area contributed by atoms with E-state index in [0.29, 0.717) is 11.8 Å². The van der Waals surface area contributed by atoms with Crippen molar-refractivity contribution in [3.8, 4) is 16.5 Å². The number of nitrogens with zero attached hydrogens (tertiary/aromatic N) is 2. The van der Waals surface area contributed by atoms with Crippen LogP contribution in [0.15, 0.2) is 46.2 Å². The molecule has 0 amide bonds. The van der Waals surface area contributed by atoms with E-state index >= 15 is 0 Å². The van der Waals surface area contributed by atoms with Crippen molar-refractivity contribution >= 4 is 11.3 Å². The lowest BCUT2D eigenvalue weighted by atomic mass is 10.2. The van der Waals surface area contributed by atoms with E-state index < -0.39 is 0 Å². The van der Waals surface area contributed by atoms with Crippen molar-refractivity contribution in [2.45, 2.75) is 19.5 Å². The highest BCUT2D eigenvalue weighted by Gasteiger charge is 2.23. The van der Waals surface area contributed by atoms with E-state index in [1.165, 1.54) is 10.5 Å². The van der Waals surface area contributed by atoms with Gasteiger partial charge in [0.25, 0.3) is 11.8 Å². The third kappa shape index (κ3) is 3.60. The SMILES string of the molecule is COc1cccc(C[NH+](C)[C@H](C)c2nnc(-c3cccs3)o2)c1. The van der Waals surface area contributed by atoms with Crippen LogP contribution in [0.3, 0.4) is 0 Å². The molecule has 1 N–H and O–H groups in total. The van der Waals surface area contributed by atoms with Gasteiger partial charge in [-0.2, -0.15) is 0 Å². The molecule has 0 bridgehead atoms. The molecular weight excluding hydrogens is 310 g/mol. The summed E-state index contributed by atoms with van der Waals surface area (Å²) in [6, 6.07) is 12.2. The first-order valence-electron chi connectivity index (χ1n) is 7.50. The quantitative estimate of drug-likeness (QED) is 0.755. The van der Waals surface area contributed by atoms with Crippen LogP contribution in [0, 0.1) is 0 Å². The molecule has 0 aliphatic carbocycles. The molecule has 2 atom stereocenters. The smallest absolute Gasteiger partial charge is 0.274 e. The van der Waals surface area contributed by atoms with E-state index in [9.17, 15) is 0 Å².